The zero-order valence-electron chi connectivity index (χ0n) is 21.1. The van der Waals surface area contributed by atoms with Gasteiger partial charge in [-0.25, -0.2) is 0 Å². The number of fused-ring (bicyclic) bond motifs is 2. The molecule has 0 spiro atoms. The van der Waals surface area contributed by atoms with Crippen molar-refractivity contribution in [2.45, 2.75) is 67.3 Å². The molecule has 2 aliphatic carbocycles. The first-order chi connectivity index (χ1) is 15.9. The number of rotatable bonds is 7. The standard InChI is InChI=1S/C15H19.C12H13.C2H5O2.2ClH.Hf/c1-10(2)12-8-9-13(11(3)4)15-7-5-6-14(12)15;1-9(2)12-7-10-5-3-4-6-11(10)8-12;3-1-2-4;;;/h6,8-11H,7H2,1-4H3;3-9H,1-2H3;1,3-4H,2H2;2*1H;/q;;;;;+2/p-2. The fraction of sp³-hybridized carbons (Fsp3) is 0.448. The summed E-state index contributed by atoms with van der Waals surface area (Å²) in [7, 11) is 15.7. The molecule has 2 nitrogen and oxygen atoms in total. The Morgan fingerprint density at radius 3 is 2.09 bits per heavy atom. The summed E-state index contributed by atoms with van der Waals surface area (Å²) in [6.07, 6.45) is 5.05. The average molecular weight is 667 g/mol. The molecule has 183 valence electrons. The first-order valence-electron chi connectivity index (χ1n) is 12.4. The molecule has 2 aromatic rings. The van der Waals surface area contributed by atoms with E-state index in [-0.39, 0.29) is 9.59 Å². The van der Waals surface area contributed by atoms with Crippen LogP contribution in [-0.4, -0.2) is 20.7 Å². The topological polar surface area (TPSA) is 40.5 Å². The van der Waals surface area contributed by atoms with E-state index in [1.807, 2.05) is 12.1 Å². The van der Waals surface area contributed by atoms with E-state index in [4.69, 9.17) is 17.2 Å². The van der Waals surface area contributed by atoms with Gasteiger partial charge in [0.05, 0.1) is 0 Å². The van der Waals surface area contributed by atoms with E-state index in [0.717, 1.165) is 14.5 Å². The van der Waals surface area contributed by atoms with Gasteiger partial charge in [0.15, 0.2) is 0 Å². The Morgan fingerprint density at radius 2 is 1.50 bits per heavy atom. The van der Waals surface area contributed by atoms with Crippen molar-refractivity contribution in [1.82, 2.24) is 0 Å². The van der Waals surface area contributed by atoms with Crippen LogP contribution in [0.4, 0.5) is 0 Å². The van der Waals surface area contributed by atoms with Gasteiger partial charge in [0.2, 0.25) is 0 Å². The summed E-state index contributed by atoms with van der Waals surface area (Å²) >= 11 is -5.51. The summed E-state index contributed by atoms with van der Waals surface area (Å²) in [5.74, 6) is 0.952. The van der Waals surface area contributed by atoms with Crippen LogP contribution in [0.5, 0.6) is 0 Å². The number of hydrogen-bond donors (Lipinski definition) is 2. The Kier molecular flexibility index (Phi) is 7.21. The normalized spacial score (nSPS) is 19.7. The van der Waals surface area contributed by atoms with Crippen LogP contribution >= 0.6 is 17.2 Å². The van der Waals surface area contributed by atoms with E-state index in [9.17, 15) is 10.2 Å². The fourth-order valence-corrected chi connectivity index (χ4v) is 28.6. The predicted molar refractivity (Wildman–Crippen MR) is 143 cm³/mol. The molecule has 2 aromatic carbocycles. The van der Waals surface area contributed by atoms with E-state index in [1.165, 1.54) is 27.8 Å². The molecule has 2 atom stereocenters. The van der Waals surface area contributed by atoms with Crippen LogP contribution < -0.4 is 0 Å². The van der Waals surface area contributed by atoms with Gasteiger partial charge in [0.25, 0.3) is 0 Å². The quantitative estimate of drug-likeness (QED) is 0.295. The second-order valence-electron chi connectivity index (χ2n) is 11.0. The van der Waals surface area contributed by atoms with Crippen molar-refractivity contribution in [3.05, 3.63) is 78.7 Å². The molecule has 0 fully saturated rings. The van der Waals surface area contributed by atoms with Gasteiger partial charge in [-0.2, -0.15) is 0 Å². The zero-order valence-corrected chi connectivity index (χ0v) is 26.2. The molecule has 0 bridgehead atoms. The Morgan fingerprint density at radius 1 is 0.882 bits per heavy atom. The molecule has 0 aromatic heterocycles. The summed E-state index contributed by atoms with van der Waals surface area (Å²) in [5, 5.41) is 21.9. The molecular weight excluding hydrogens is 630 g/mol. The molecule has 0 saturated heterocycles. The van der Waals surface area contributed by atoms with Gasteiger partial charge < -0.3 is 0 Å². The van der Waals surface area contributed by atoms with Gasteiger partial charge in [-0.05, 0) is 0 Å². The van der Waals surface area contributed by atoms with Crippen LogP contribution in [0.3, 0.4) is 0 Å². The van der Waals surface area contributed by atoms with Gasteiger partial charge >= 0.3 is 214 Å². The first-order valence-corrected chi connectivity index (χ1v) is 27.3. The second kappa shape index (κ2) is 9.30. The molecule has 2 N–H and O–H groups in total. The Balaban J connectivity index is 1.99. The van der Waals surface area contributed by atoms with Crippen LogP contribution in [0.2, 0.25) is 0 Å². The number of allylic oxidation sites excluding steroid dienone is 2. The molecule has 0 radical (unpaired) electrons. The van der Waals surface area contributed by atoms with Crippen molar-refractivity contribution in [2.24, 2.45) is 5.92 Å². The third kappa shape index (κ3) is 3.95. The van der Waals surface area contributed by atoms with Crippen molar-refractivity contribution in [2.75, 3.05) is 6.61 Å². The van der Waals surface area contributed by atoms with Crippen molar-refractivity contribution in [3.8, 4) is 0 Å². The molecule has 5 heteroatoms. The number of aliphatic hydroxyl groups excluding tert-OH is 2. The molecule has 2 unspecified atom stereocenters. The van der Waals surface area contributed by atoms with Gasteiger partial charge in [0, 0.05) is 0 Å². The van der Waals surface area contributed by atoms with E-state index in [1.54, 1.807) is 0 Å². The Labute approximate surface area is 213 Å². The molecule has 0 amide bonds. The first kappa shape index (κ1) is 26.4. The third-order valence-electron chi connectivity index (χ3n) is 7.91. The summed E-state index contributed by atoms with van der Waals surface area (Å²) in [6.45, 7) is 12.7. The van der Waals surface area contributed by atoms with Crippen LogP contribution in [0.1, 0.15) is 90.4 Å². The average Bonchev–Trinajstić information content (AvgIpc) is 3.41. The SMILES string of the molecule is CC(C)C1=Cc2ccccc2[CH]1[Hf]([Cl])([Cl])([C]1=Cc2c(C(C)C)ccc(C(C)C)c2C1)[CH](O)CO. The van der Waals surface area contributed by atoms with Gasteiger partial charge in [-0.3, -0.25) is 0 Å². The Bertz CT molecular complexity index is 1180. The predicted octanol–water partition coefficient (Wildman–Crippen LogP) is 7.93. The molecule has 0 heterocycles. The maximum atomic E-state index is 11.5. The van der Waals surface area contributed by atoms with Crippen molar-refractivity contribution in [1.29, 1.82) is 0 Å². The number of aliphatic hydroxyl groups is 2. The van der Waals surface area contributed by atoms with Crippen LogP contribution in [0.25, 0.3) is 12.2 Å². The van der Waals surface area contributed by atoms with Gasteiger partial charge in [0.1, 0.15) is 0 Å². The number of benzene rings is 2. The van der Waals surface area contributed by atoms with Crippen LogP contribution in [0, 0.1) is 5.92 Å². The second-order valence-corrected chi connectivity index (χ2v) is 41.0. The zero-order chi connectivity index (χ0) is 25.0. The molecule has 4 rings (SSSR count). The molecule has 34 heavy (non-hydrogen) atoms. The minimum absolute atomic E-state index is 0.220. The van der Waals surface area contributed by atoms with Crippen molar-refractivity contribution in [3.63, 3.8) is 0 Å². The fourth-order valence-electron chi connectivity index (χ4n) is 6.03. The summed E-state index contributed by atoms with van der Waals surface area (Å²) < 4.78 is -0.436. The van der Waals surface area contributed by atoms with Gasteiger partial charge in [-0.1, -0.05) is 0 Å². The van der Waals surface area contributed by atoms with Crippen LogP contribution in [0.15, 0.2) is 45.3 Å². The molecular formula is C29H37Cl2HfO2. The molecule has 0 aliphatic heterocycles. The van der Waals surface area contributed by atoms with E-state index in [2.05, 4.69) is 78.0 Å². The van der Waals surface area contributed by atoms with Crippen molar-refractivity contribution >= 4 is 29.3 Å². The number of halogens is 2. The third-order valence-corrected chi connectivity index (χ3v) is 36.3. The van der Waals surface area contributed by atoms with Gasteiger partial charge in [-0.15, -0.1) is 0 Å². The van der Waals surface area contributed by atoms with E-state index >= 15 is 0 Å². The maximum absolute atomic E-state index is 11.5. The minimum atomic E-state index is -5.51. The summed E-state index contributed by atoms with van der Waals surface area (Å²) in [6, 6.07) is 12.7. The van der Waals surface area contributed by atoms with Crippen LogP contribution in [-0.2, 0) is 22.6 Å². The summed E-state index contributed by atoms with van der Waals surface area (Å²) in [5.41, 5.74) is 8.46. The Hall–Kier alpha value is -0.710. The van der Waals surface area contributed by atoms with Crippen molar-refractivity contribution < 1.29 is 26.3 Å². The monoisotopic (exact) mass is 667 g/mol. The molecule has 0 saturated carbocycles. The number of hydrogen-bond acceptors (Lipinski definition) is 2. The van der Waals surface area contributed by atoms with E-state index in [0.29, 0.717) is 18.3 Å². The summed E-state index contributed by atoms with van der Waals surface area (Å²) in [4.78, 5) is 0. The molecule has 2 aliphatic rings. The van der Waals surface area contributed by atoms with E-state index < -0.39 is 26.6 Å².